The lowest BCUT2D eigenvalue weighted by molar-refractivity contribution is -0.873. The van der Waals surface area contributed by atoms with Gasteiger partial charge in [-0.2, -0.15) is 0 Å². The number of carbonyl (C=O) groups excluding carboxylic acids is 1. The monoisotopic (exact) mass is 340 g/mol. The first-order chi connectivity index (χ1) is 11.2. The van der Waals surface area contributed by atoms with Crippen LogP contribution in [-0.4, -0.2) is 55.3 Å². The second kappa shape index (κ2) is 12.8. The predicted molar refractivity (Wildman–Crippen MR) is 96.7 cm³/mol. The Morgan fingerprint density at radius 1 is 1.08 bits per heavy atom. The molecule has 24 heavy (non-hydrogen) atoms. The standard InChI is InChI=1S/C19H33NO4/c1-5-6-7-8-9-10-11-12-13-14-19(23)24-17(15-18(21)22)16-20(2,3)4/h10-11,13-14,17H,5-9,12,15-16H2,1-4H3/p+1/b11-10-,14-13+/t17-/m1/s1. The summed E-state index contributed by atoms with van der Waals surface area (Å²) in [5.41, 5.74) is 0. The number of hydrogen-bond acceptors (Lipinski definition) is 3. The van der Waals surface area contributed by atoms with E-state index in [1.807, 2.05) is 27.2 Å². The normalized spacial score (nSPS) is 13.5. The van der Waals surface area contributed by atoms with Crippen LogP contribution >= 0.6 is 0 Å². The lowest BCUT2D eigenvalue weighted by atomic mass is 10.1. The van der Waals surface area contributed by atoms with Gasteiger partial charge in [-0.05, 0) is 19.3 Å². The summed E-state index contributed by atoms with van der Waals surface area (Å²) in [6.45, 7) is 2.66. The van der Waals surface area contributed by atoms with Crippen molar-refractivity contribution in [2.45, 2.75) is 58.0 Å². The fraction of sp³-hybridized carbons (Fsp3) is 0.684. The third-order valence-corrected chi connectivity index (χ3v) is 3.35. The van der Waals surface area contributed by atoms with E-state index in [1.165, 1.54) is 31.8 Å². The summed E-state index contributed by atoms with van der Waals surface area (Å²) in [5, 5.41) is 8.92. The molecule has 0 saturated carbocycles. The van der Waals surface area contributed by atoms with Crippen molar-refractivity contribution in [3.63, 3.8) is 0 Å². The summed E-state index contributed by atoms with van der Waals surface area (Å²) in [6.07, 6.45) is 13.3. The number of quaternary nitrogens is 1. The summed E-state index contributed by atoms with van der Waals surface area (Å²) in [4.78, 5) is 22.7. The Bertz CT molecular complexity index is 422. The zero-order valence-corrected chi connectivity index (χ0v) is 15.7. The maximum Gasteiger partial charge on any atom is 0.330 e. The molecule has 5 heteroatoms. The summed E-state index contributed by atoms with van der Waals surface area (Å²) < 4.78 is 5.80. The first-order valence-electron chi connectivity index (χ1n) is 8.79. The van der Waals surface area contributed by atoms with E-state index in [9.17, 15) is 9.59 Å². The molecule has 0 aliphatic rings. The third-order valence-electron chi connectivity index (χ3n) is 3.35. The highest BCUT2D eigenvalue weighted by Crippen LogP contribution is 2.06. The number of carbonyl (C=O) groups is 2. The number of aliphatic carboxylic acids is 1. The number of esters is 1. The molecular weight excluding hydrogens is 306 g/mol. The predicted octanol–water partition coefficient (Wildman–Crippen LogP) is 3.55. The van der Waals surface area contributed by atoms with Crippen LogP contribution in [0.3, 0.4) is 0 Å². The molecule has 0 radical (unpaired) electrons. The van der Waals surface area contributed by atoms with Crippen molar-refractivity contribution in [1.82, 2.24) is 0 Å². The molecule has 0 spiro atoms. The summed E-state index contributed by atoms with van der Waals surface area (Å²) in [5.74, 6) is -1.44. The fourth-order valence-electron chi connectivity index (χ4n) is 2.30. The molecule has 1 atom stereocenters. The Labute approximate surface area is 146 Å². The molecule has 0 aromatic heterocycles. The van der Waals surface area contributed by atoms with Crippen molar-refractivity contribution >= 4 is 11.9 Å². The highest BCUT2D eigenvalue weighted by Gasteiger charge is 2.23. The Kier molecular flexibility index (Phi) is 11.9. The molecule has 0 aliphatic carbocycles. The van der Waals surface area contributed by atoms with E-state index in [-0.39, 0.29) is 6.42 Å². The van der Waals surface area contributed by atoms with E-state index in [0.29, 0.717) is 17.4 Å². The molecule has 1 N–H and O–H groups in total. The van der Waals surface area contributed by atoms with E-state index in [2.05, 4.69) is 13.0 Å². The van der Waals surface area contributed by atoms with Crippen molar-refractivity contribution in [3.05, 3.63) is 24.3 Å². The molecule has 0 aliphatic heterocycles. The first kappa shape index (κ1) is 22.4. The number of likely N-dealkylation sites (N-methyl/N-ethyl adjacent to an activating group) is 1. The molecule has 0 rings (SSSR count). The van der Waals surface area contributed by atoms with Crippen LogP contribution in [0.15, 0.2) is 24.3 Å². The Hall–Kier alpha value is -1.62. The van der Waals surface area contributed by atoms with Crippen LogP contribution in [0, 0.1) is 0 Å². The van der Waals surface area contributed by atoms with Crippen LogP contribution in [0.4, 0.5) is 0 Å². The average molecular weight is 340 g/mol. The highest BCUT2D eigenvalue weighted by atomic mass is 16.5. The summed E-state index contributed by atoms with van der Waals surface area (Å²) >= 11 is 0. The van der Waals surface area contributed by atoms with Crippen LogP contribution < -0.4 is 0 Å². The minimum Gasteiger partial charge on any atom is -0.481 e. The van der Waals surface area contributed by atoms with Gasteiger partial charge < -0.3 is 14.3 Å². The van der Waals surface area contributed by atoms with Gasteiger partial charge in [0, 0.05) is 6.08 Å². The van der Waals surface area contributed by atoms with Gasteiger partial charge in [-0.3, -0.25) is 4.79 Å². The quantitative estimate of drug-likeness (QED) is 0.183. The van der Waals surface area contributed by atoms with E-state index >= 15 is 0 Å². The highest BCUT2D eigenvalue weighted by molar-refractivity contribution is 5.82. The van der Waals surface area contributed by atoms with Gasteiger partial charge >= 0.3 is 11.9 Å². The average Bonchev–Trinajstić information content (AvgIpc) is 2.42. The van der Waals surface area contributed by atoms with Crippen molar-refractivity contribution in [3.8, 4) is 0 Å². The molecule has 0 saturated heterocycles. The van der Waals surface area contributed by atoms with Crippen molar-refractivity contribution < 1.29 is 23.9 Å². The van der Waals surface area contributed by atoms with Crippen molar-refractivity contribution in [2.75, 3.05) is 27.7 Å². The Morgan fingerprint density at radius 3 is 2.38 bits per heavy atom. The second-order valence-electron chi connectivity index (χ2n) is 7.09. The lowest BCUT2D eigenvalue weighted by Gasteiger charge is -2.28. The molecule has 0 aromatic rings. The maximum absolute atomic E-state index is 11.8. The number of unbranched alkanes of at least 4 members (excludes halogenated alkanes) is 4. The lowest BCUT2D eigenvalue weighted by Crippen LogP contribution is -2.43. The molecule has 138 valence electrons. The Morgan fingerprint density at radius 2 is 1.79 bits per heavy atom. The van der Waals surface area contributed by atoms with Crippen molar-refractivity contribution in [1.29, 1.82) is 0 Å². The minimum atomic E-state index is -0.962. The number of hydrogen-bond donors (Lipinski definition) is 1. The Balaban J connectivity index is 4.13. The molecule has 5 nitrogen and oxygen atoms in total. The van der Waals surface area contributed by atoms with Gasteiger partial charge in [0.15, 0.2) is 6.10 Å². The zero-order chi connectivity index (χ0) is 18.4. The number of carboxylic acids is 1. The van der Waals surface area contributed by atoms with E-state index in [0.717, 1.165) is 6.42 Å². The smallest absolute Gasteiger partial charge is 0.330 e. The van der Waals surface area contributed by atoms with Crippen LogP contribution in [0.25, 0.3) is 0 Å². The van der Waals surface area contributed by atoms with Crippen LogP contribution in [0.2, 0.25) is 0 Å². The summed E-state index contributed by atoms with van der Waals surface area (Å²) in [6, 6.07) is 0. The van der Waals surface area contributed by atoms with Gasteiger partial charge in [0.1, 0.15) is 6.54 Å². The van der Waals surface area contributed by atoms with Crippen LogP contribution in [0.1, 0.15) is 51.9 Å². The van der Waals surface area contributed by atoms with Crippen LogP contribution in [-0.2, 0) is 14.3 Å². The first-order valence-corrected chi connectivity index (χ1v) is 8.79. The van der Waals surface area contributed by atoms with Crippen molar-refractivity contribution in [2.24, 2.45) is 0 Å². The number of ether oxygens (including phenoxy) is 1. The molecule has 0 amide bonds. The molecule has 0 bridgehead atoms. The van der Waals surface area contributed by atoms with Gasteiger partial charge in [-0.15, -0.1) is 0 Å². The number of nitrogens with zero attached hydrogens (tertiary/aromatic N) is 1. The molecule has 0 unspecified atom stereocenters. The van der Waals surface area contributed by atoms with Gasteiger partial charge in [0.2, 0.25) is 0 Å². The van der Waals surface area contributed by atoms with E-state index < -0.39 is 18.0 Å². The second-order valence-corrected chi connectivity index (χ2v) is 7.09. The molecule has 0 fully saturated rings. The van der Waals surface area contributed by atoms with Gasteiger partial charge in [-0.25, -0.2) is 4.79 Å². The zero-order valence-electron chi connectivity index (χ0n) is 15.7. The topological polar surface area (TPSA) is 63.6 Å². The van der Waals surface area contributed by atoms with E-state index in [1.54, 1.807) is 6.08 Å². The van der Waals surface area contributed by atoms with Crippen LogP contribution in [0.5, 0.6) is 0 Å². The number of allylic oxidation sites excluding steroid dienone is 3. The third kappa shape index (κ3) is 15.3. The number of rotatable bonds is 13. The van der Waals surface area contributed by atoms with Gasteiger partial charge in [-0.1, -0.05) is 44.4 Å². The largest absolute Gasteiger partial charge is 0.481 e. The minimum absolute atomic E-state index is 0.174. The fourth-order valence-corrected chi connectivity index (χ4v) is 2.30. The molecular formula is C19H34NO4+. The number of carboxylic acid groups (broad SMARTS) is 1. The molecule has 0 aromatic carbocycles. The van der Waals surface area contributed by atoms with Gasteiger partial charge in [0.05, 0.1) is 27.6 Å². The van der Waals surface area contributed by atoms with Gasteiger partial charge in [0.25, 0.3) is 0 Å². The molecule has 0 heterocycles. The van der Waals surface area contributed by atoms with E-state index in [4.69, 9.17) is 9.84 Å². The summed E-state index contributed by atoms with van der Waals surface area (Å²) in [7, 11) is 5.80. The SMILES string of the molecule is CCCCCC/C=C\C/C=C/C(=O)O[C@H](CC(=O)O)C[N+](C)(C)C. The maximum atomic E-state index is 11.8.